The second kappa shape index (κ2) is 18.3. The van der Waals surface area contributed by atoms with Crippen molar-refractivity contribution >= 4 is 41.5 Å². The highest BCUT2D eigenvalue weighted by molar-refractivity contribution is 6.38. The molecule has 0 aliphatic heterocycles. The molecule has 1 aliphatic carbocycles. The minimum absolute atomic E-state index is 0.109. The van der Waals surface area contributed by atoms with E-state index in [1.807, 2.05) is 13.8 Å². The molecule has 0 radical (unpaired) electrons. The van der Waals surface area contributed by atoms with Crippen molar-refractivity contribution in [1.82, 2.24) is 26.6 Å². The zero-order valence-electron chi connectivity index (χ0n) is 26.2. The van der Waals surface area contributed by atoms with Crippen molar-refractivity contribution in [2.24, 2.45) is 11.8 Å². The lowest BCUT2D eigenvalue weighted by Crippen LogP contribution is -2.57. The van der Waals surface area contributed by atoms with Gasteiger partial charge in [0.05, 0.1) is 19.2 Å². The molecule has 0 spiro atoms. The summed E-state index contributed by atoms with van der Waals surface area (Å²) in [6.07, 6.45) is 2.85. The summed E-state index contributed by atoms with van der Waals surface area (Å²) in [7, 11) is 0. The fourth-order valence-corrected chi connectivity index (χ4v) is 4.50. The van der Waals surface area contributed by atoms with Crippen LogP contribution in [0.4, 0.5) is 4.79 Å². The number of nitrogens with one attached hydrogen (secondary N) is 5. The third-order valence-corrected chi connectivity index (χ3v) is 7.23. The highest BCUT2D eigenvalue weighted by atomic mass is 16.5. The van der Waals surface area contributed by atoms with E-state index in [4.69, 9.17) is 4.74 Å². The predicted molar refractivity (Wildman–Crippen MR) is 162 cm³/mol. The van der Waals surface area contributed by atoms with E-state index in [9.17, 15) is 38.7 Å². The molecule has 1 aromatic rings. The van der Waals surface area contributed by atoms with Crippen LogP contribution in [0.25, 0.3) is 0 Å². The lowest BCUT2D eigenvalue weighted by atomic mass is 9.80. The van der Waals surface area contributed by atoms with Crippen LogP contribution < -0.4 is 26.6 Å². The van der Waals surface area contributed by atoms with Gasteiger partial charge < -0.3 is 36.4 Å². The van der Waals surface area contributed by atoms with E-state index in [1.54, 1.807) is 25.1 Å². The van der Waals surface area contributed by atoms with Crippen molar-refractivity contribution in [2.75, 3.05) is 13.2 Å². The summed E-state index contributed by atoms with van der Waals surface area (Å²) in [5.74, 6) is -5.24. The van der Waals surface area contributed by atoms with E-state index in [0.29, 0.717) is 18.4 Å². The van der Waals surface area contributed by atoms with Gasteiger partial charge in [-0.2, -0.15) is 0 Å². The number of hydrogen-bond donors (Lipinski definition) is 6. The fourth-order valence-electron chi connectivity index (χ4n) is 4.50. The van der Waals surface area contributed by atoms with Crippen LogP contribution in [0.1, 0.15) is 77.8 Å². The summed E-state index contributed by atoms with van der Waals surface area (Å²) in [6, 6.07) is 3.36. The van der Waals surface area contributed by atoms with Crippen LogP contribution in [-0.4, -0.2) is 77.9 Å². The second-order valence-electron chi connectivity index (χ2n) is 11.6. The standard InChI is InChI=1S/C31H45N5O9/c1-5-10-22(26(38)29(41)32-16-24(37)36-25(30(42)43)21-13-7-6-8-14-21)34-28(40)23(15-20-11-9-12-20)35-27(39)19(4)33-31(44)45-17-18(2)3/h6-8,13-14,18-20,22-23,25H,5,9-12,15-17H2,1-4H3,(H,32,41)(H,33,44)(H,34,40)(H,35,39)(H,36,37)(H,42,43)/t19-,22?,23-,25?/m0/s1. The molecule has 1 aliphatic rings. The second-order valence-corrected chi connectivity index (χ2v) is 11.6. The van der Waals surface area contributed by atoms with Crippen LogP contribution in [0.15, 0.2) is 30.3 Å². The molecule has 1 fully saturated rings. The molecule has 4 atom stereocenters. The molecule has 6 N–H and O–H groups in total. The first-order valence-electron chi connectivity index (χ1n) is 15.2. The molecule has 248 valence electrons. The normalized spacial score (nSPS) is 15.3. The number of amides is 5. The number of alkyl carbamates (subject to hydrolysis) is 1. The first kappa shape index (κ1) is 36.7. The third kappa shape index (κ3) is 12.6. The number of ketones is 1. The Morgan fingerprint density at radius 1 is 0.889 bits per heavy atom. The van der Waals surface area contributed by atoms with Crippen LogP contribution in [0.3, 0.4) is 0 Å². The summed E-state index contributed by atoms with van der Waals surface area (Å²) >= 11 is 0. The molecule has 14 heteroatoms. The van der Waals surface area contributed by atoms with Gasteiger partial charge in [0.2, 0.25) is 23.5 Å². The lowest BCUT2D eigenvalue weighted by Gasteiger charge is -2.31. The summed E-state index contributed by atoms with van der Waals surface area (Å²) < 4.78 is 5.04. The number of Topliss-reactive ketones (excluding diaryl/α,β-unsaturated/α-hetero) is 1. The molecule has 1 saturated carbocycles. The highest BCUT2D eigenvalue weighted by Gasteiger charge is 2.33. The average Bonchev–Trinajstić information content (AvgIpc) is 2.98. The number of carboxylic acids is 1. The average molecular weight is 632 g/mol. The lowest BCUT2D eigenvalue weighted by molar-refractivity contribution is -0.142. The topological polar surface area (TPSA) is 209 Å². The van der Waals surface area contributed by atoms with Crippen LogP contribution in [0, 0.1) is 11.8 Å². The van der Waals surface area contributed by atoms with Crippen LogP contribution in [0.5, 0.6) is 0 Å². The maximum absolute atomic E-state index is 13.3. The predicted octanol–water partition coefficient (Wildman–Crippen LogP) is 1.34. The van der Waals surface area contributed by atoms with Gasteiger partial charge in [-0.15, -0.1) is 0 Å². The summed E-state index contributed by atoms with van der Waals surface area (Å²) in [5, 5.41) is 21.6. The molecule has 14 nitrogen and oxygen atoms in total. The Labute approximate surface area is 262 Å². The van der Waals surface area contributed by atoms with Gasteiger partial charge in [-0.25, -0.2) is 9.59 Å². The number of hydrogen-bond acceptors (Lipinski definition) is 8. The Morgan fingerprint density at radius 3 is 2.09 bits per heavy atom. The van der Waals surface area contributed by atoms with Gasteiger partial charge in [0.15, 0.2) is 6.04 Å². The Kier molecular flexibility index (Phi) is 15.0. The first-order valence-corrected chi connectivity index (χ1v) is 15.2. The largest absolute Gasteiger partial charge is 0.479 e. The van der Waals surface area contributed by atoms with Gasteiger partial charge in [-0.05, 0) is 37.2 Å². The fraction of sp³-hybridized carbons (Fsp3) is 0.581. The zero-order chi connectivity index (χ0) is 33.5. The van der Waals surface area contributed by atoms with Crippen molar-refractivity contribution in [3.8, 4) is 0 Å². The quantitative estimate of drug-likeness (QED) is 0.129. The summed E-state index contributed by atoms with van der Waals surface area (Å²) in [5.41, 5.74) is 0.325. The van der Waals surface area contributed by atoms with Gasteiger partial charge in [0.1, 0.15) is 12.1 Å². The SMILES string of the molecule is CCCC(NC(=O)[C@H](CC1CCC1)NC(=O)[C@H](C)NC(=O)OCC(C)C)C(=O)C(=O)NCC(=O)NC(C(=O)O)c1ccccc1. The van der Waals surface area contributed by atoms with Gasteiger partial charge in [-0.1, -0.05) is 76.8 Å². The van der Waals surface area contributed by atoms with Crippen molar-refractivity contribution < 1.29 is 43.4 Å². The smallest absolute Gasteiger partial charge is 0.407 e. The monoisotopic (exact) mass is 631 g/mol. The molecule has 45 heavy (non-hydrogen) atoms. The van der Waals surface area contributed by atoms with Crippen molar-refractivity contribution in [3.63, 3.8) is 0 Å². The number of benzene rings is 1. The van der Waals surface area contributed by atoms with E-state index < -0.39 is 72.2 Å². The van der Waals surface area contributed by atoms with E-state index in [-0.39, 0.29) is 24.9 Å². The summed E-state index contributed by atoms with van der Waals surface area (Å²) in [6.45, 7) is 6.45. The van der Waals surface area contributed by atoms with Crippen LogP contribution in [0.2, 0.25) is 0 Å². The summed E-state index contributed by atoms with van der Waals surface area (Å²) in [4.78, 5) is 87.9. The van der Waals surface area contributed by atoms with E-state index in [0.717, 1.165) is 19.3 Å². The van der Waals surface area contributed by atoms with E-state index in [1.165, 1.54) is 19.1 Å². The Balaban J connectivity index is 2.00. The van der Waals surface area contributed by atoms with Gasteiger partial charge in [0.25, 0.3) is 5.91 Å². The molecule has 5 amide bonds. The van der Waals surface area contributed by atoms with Gasteiger partial charge >= 0.3 is 12.1 Å². The van der Waals surface area contributed by atoms with Crippen LogP contribution >= 0.6 is 0 Å². The van der Waals surface area contributed by atoms with Gasteiger partial charge in [-0.3, -0.25) is 24.0 Å². The Morgan fingerprint density at radius 2 is 1.53 bits per heavy atom. The number of ether oxygens (including phenoxy) is 1. The molecular weight excluding hydrogens is 586 g/mol. The minimum atomic E-state index is -1.36. The molecule has 0 aromatic heterocycles. The maximum atomic E-state index is 13.3. The third-order valence-electron chi connectivity index (χ3n) is 7.23. The molecule has 2 rings (SSSR count). The van der Waals surface area contributed by atoms with E-state index >= 15 is 0 Å². The Hall–Kier alpha value is -4.49. The molecule has 0 heterocycles. The van der Waals surface area contributed by atoms with Crippen LogP contribution in [-0.2, 0) is 33.5 Å². The van der Waals surface area contributed by atoms with E-state index in [2.05, 4.69) is 26.6 Å². The van der Waals surface area contributed by atoms with Crippen molar-refractivity contribution in [3.05, 3.63) is 35.9 Å². The first-order chi connectivity index (χ1) is 21.3. The molecule has 0 saturated heterocycles. The molecule has 0 bridgehead atoms. The van der Waals surface area contributed by atoms with Crippen molar-refractivity contribution in [1.29, 1.82) is 0 Å². The molecule has 2 unspecified atom stereocenters. The van der Waals surface area contributed by atoms with Crippen molar-refractivity contribution in [2.45, 2.75) is 90.4 Å². The number of rotatable bonds is 18. The number of carbonyl (C=O) groups is 7. The molecular formula is C31H45N5O9. The van der Waals surface area contributed by atoms with Gasteiger partial charge in [0, 0.05) is 0 Å². The number of carboxylic acid groups (broad SMARTS) is 1. The molecule has 1 aromatic carbocycles. The Bertz CT molecular complexity index is 1200. The number of carbonyl (C=O) groups excluding carboxylic acids is 6. The zero-order valence-corrected chi connectivity index (χ0v) is 26.2. The maximum Gasteiger partial charge on any atom is 0.407 e. The number of aliphatic carboxylic acids is 1. The highest BCUT2D eigenvalue weighted by Crippen LogP contribution is 2.30. The minimum Gasteiger partial charge on any atom is -0.479 e.